The van der Waals surface area contributed by atoms with E-state index in [1.54, 1.807) is 6.92 Å². The quantitative estimate of drug-likeness (QED) is 0.179. The van der Waals surface area contributed by atoms with Crippen LogP contribution in [0.4, 0.5) is 0 Å². The van der Waals surface area contributed by atoms with Crippen molar-refractivity contribution in [3.05, 3.63) is 0 Å². The van der Waals surface area contributed by atoms with Crippen molar-refractivity contribution < 1.29 is 44.2 Å². The average Bonchev–Trinajstić information content (AvgIpc) is 2.80. The summed E-state index contributed by atoms with van der Waals surface area (Å²) in [4.78, 5) is 23.9. The SMILES string of the molecule is CCCCCCCC(CC(=O)[O-])OC(=O)CC(CCCCCCC)OC1OC(C)C(O)C(O)C1O. The molecule has 1 rings (SSSR count). The van der Waals surface area contributed by atoms with Gasteiger partial charge >= 0.3 is 5.97 Å². The van der Waals surface area contributed by atoms with Crippen molar-refractivity contribution in [3.8, 4) is 0 Å². The van der Waals surface area contributed by atoms with Crippen molar-refractivity contribution in [3.63, 3.8) is 0 Å². The van der Waals surface area contributed by atoms with Crippen molar-refractivity contribution in [2.45, 2.75) is 154 Å². The summed E-state index contributed by atoms with van der Waals surface area (Å²) in [5.41, 5.74) is 0. The molecule has 35 heavy (non-hydrogen) atoms. The van der Waals surface area contributed by atoms with Crippen molar-refractivity contribution in [2.75, 3.05) is 0 Å². The Morgan fingerprint density at radius 3 is 1.89 bits per heavy atom. The molecule has 7 unspecified atom stereocenters. The number of carbonyl (C=O) groups is 2. The van der Waals surface area contributed by atoms with E-state index in [4.69, 9.17) is 14.2 Å². The molecule has 3 N–H and O–H groups in total. The normalized spacial score (nSPS) is 26.3. The second-order valence-corrected chi connectivity index (χ2v) is 9.74. The van der Waals surface area contributed by atoms with Gasteiger partial charge in [0.25, 0.3) is 0 Å². The fourth-order valence-electron chi connectivity index (χ4n) is 4.29. The lowest BCUT2D eigenvalue weighted by molar-refractivity contribution is -0.307. The van der Waals surface area contributed by atoms with E-state index in [2.05, 4.69) is 13.8 Å². The molecule has 0 aliphatic carbocycles. The number of aliphatic hydroxyl groups excluding tert-OH is 3. The minimum atomic E-state index is -1.46. The number of carboxylic acids is 1. The third-order valence-corrected chi connectivity index (χ3v) is 6.48. The summed E-state index contributed by atoms with van der Waals surface area (Å²) in [7, 11) is 0. The van der Waals surface area contributed by atoms with Crippen molar-refractivity contribution in [1.82, 2.24) is 0 Å². The highest BCUT2D eigenvalue weighted by Crippen LogP contribution is 2.25. The van der Waals surface area contributed by atoms with Crippen LogP contribution >= 0.6 is 0 Å². The van der Waals surface area contributed by atoms with Gasteiger partial charge in [-0.1, -0.05) is 71.6 Å². The third kappa shape index (κ3) is 13.0. The smallest absolute Gasteiger partial charge is 0.308 e. The lowest BCUT2D eigenvalue weighted by atomic mass is 9.99. The lowest BCUT2D eigenvalue weighted by Crippen LogP contribution is -2.58. The summed E-state index contributed by atoms with van der Waals surface area (Å²) in [6, 6.07) is 0. The minimum Gasteiger partial charge on any atom is -0.550 e. The van der Waals surface area contributed by atoms with E-state index in [-0.39, 0.29) is 12.8 Å². The van der Waals surface area contributed by atoms with E-state index < -0.39 is 54.9 Å². The number of aliphatic carboxylic acids is 1. The average molecular weight is 504 g/mol. The highest BCUT2D eigenvalue weighted by Gasteiger charge is 2.43. The van der Waals surface area contributed by atoms with E-state index in [0.29, 0.717) is 12.8 Å². The van der Waals surface area contributed by atoms with Gasteiger partial charge < -0.3 is 39.4 Å². The predicted octanol–water partition coefficient (Wildman–Crippen LogP) is 2.36. The van der Waals surface area contributed by atoms with Crippen LogP contribution in [-0.2, 0) is 23.8 Å². The summed E-state index contributed by atoms with van der Waals surface area (Å²) < 4.78 is 16.9. The third-order valence-electron chi connectivity index (χ3n) is 6.48. The summed E-state index contributed by atoms with van der Waals surface area (Å²) >= 11 is 0. The number of unbranched alkanes of at least 4 members (excludes halogenated alkanes) is 8. The molecule has 0 aromatic rings. The number of rotatable bonds is 19. The van der Waals surface area contributed by atoms with Crippen LogP contribution in [0.15, 0.2) is 0 Å². The van der Waals surface area contributed by atoms with Crippen LogP contribution in [-0.4, -0.2) is 70.2 Å². The van der Waals surface area contributed by atoms with E-state index in [9.17, 15) is 30.0 Å². The molecule has 1 fully saturated rings. The largest absolute Gasteiger partial charge is 0.550 e. The van der Waals surface area contributed by atoms with Gasteiger partial charge in [0.2, 0.25) is 0 Å². The van der Waals surface area contributed by atoms with Gasteiger partial charge in [-0.3, -0.25) is 4.79 Å². The fourth-order valence-corrected chi connectivity index (χ4v) is 4.29. The molecular weight excluding hydrogens is 456 g/mol. The first-order chi connectivity index (χ1) is 16.7. The number of esters is 1. The molecule has 0 saturated carbocycles. The van der Waals surface area contributed by atoms with Gasteiger partial charge in [0.05, 0.1) is 18.6 Å². The Morgan fingerprint density at radius 2 is 1.34 bits per heavy atom. The Kier molecular flexibility index (Phi) is 16.4. The van der Waals surface area contributed by atoms with Gasteiger partial charge in [-0.2, -0.15) is 0 Å². The van der Waals surface area contributed by atoms with Crippen molar-refractivity contribution >= 4 is 11.9 Å². The van der Waals surface area contributed by atoms with Crippen LogP contribution < -0.4 is 5.11 Å². The molecule has 0 aromatic carbocycles. The van der Waals surface area contributed by atoms with E-state index in [0.717, 1.165) is 64.2 Å². The zero-order valence-electron chi connectivity index (χ0n) is 21.7. The number of ether oxygens (including phenoxy) is 3. The molecular formula is C26H47O9-. The molecule has 0 amide bonds. The van der Waals surface area contributed by atoms with Gasteiger partial charge in [0.15, 0.2) is 6.29 Å². The molecule has 9 heteroatoms. The fraction of sp³-hybridized carbons (Fsp3) is 0.923. The predicted molar refractivity (Wildman–Crippen MR) is 128 cm³/mol. The van der Waals surface area contributed by atoms with Crippen molar-refractivity contribution in [2.24, 2.45) is 0 Å². The van der Waals surface area contributed by atoms with Gasteiger partial charge in [-0.05, 0) is 26.2 Å². The van der Waals surface area contributed by atoms with E-state index >= 15 is 0 Å². The van der Waals surface area contributed by atoms with Crippen LogP contribution in [0, 0.1) is 0 Å². The van der Waals surface area contributed by atoms with Gasteiger partial charge in [-0.25, -0.2) is 0 Å². The molecule has 0 radical (unpaired) electrons. The minimum absolute atomic E-state index is 0.132. The number of carbonyl (C=O) groups excluding carboxylic acids is 2. The Balaban J connectivity index is 2.72. The molecule has 9 nitrogen and oxygen atoms in total. The van der Waals surface area contributed by atoms with Crippen molar-refractivity contribution in [1.29, 1.82) is 0 Å². The first-order valence-electron chi connectivity index (χ1n) is 13.4. The van der Waals surface area contributed by atoms with Crippen LogP contribution in [0.1, 0.15) is 111 Å². The summed E-state index contributed by atoms with van der Waals surface area (Å²) in [6.07, 6.45) is 3.00. The zero-order chi connectivity index (χ0) is 26.2. The first kappa shape index (κ1) is 31.8. The van der Waals surface area contributed by atoms with Crippen LogP contribution in [0.5, 0.6) is 0 Å². The molecule has 0 spiro atoms. The van der Waals surface area contributed by atoms with Crippen LogP contribution in [0.2, 0.25) is 0 Å². The standard InChI is InChI=1S/C26H48O9/c1-4-6-8-10-12-14-19(16-21(27)28)34-22(29)17-20(15-13-11-9-7-5-2)35-26-25(32)24(31)23(30)18(3)33-26/h18-20,23-26,30-32H,4-17H2,1-3H3,(H,27,28)/p-1. The maximum atomic E-state index is 12.7. The molecule has 1 aliphatic heterocycles. The van der Waals surface area contributed by atoms with Crippen LogP contribution in [0.3, 0.4) is 0 Å². The number of aliphatic hydroxyl groups is 3. The Bertz CT molecular complexity index is 585. The summed E-state index contributed by atoms with van der Waals surface area (Å²) in [5, 5.41) is 41.4. The molecule has 206 valence electrons. The molecule has 1 saturated heterocycles. The molecule has 1 aliphatic rings. The Hall–Kier alpha value is -1.26. The van der Waals surface area contributed by atoms with Gasteiger partial charge in [0.1, 0.15) is 24.4 Å². The Morgan fingerprint density at radius 1 is 0.800 bits per heavy atom. The van der Waals surface area contributed by atoms with Crippen LogP contribution in [0.25, 0.3) is 0 Å². The first-order valence-corrected chi connectivity index (χ1v) is 13.4. The van der Waals surface area contributed by atoms with E-state index in [1.165, 1.54) is 0 Å². The molecule has 7 atom stereocenters. The molecule has 0 bridgehead atoms. The number of carboxylic acid groups (broad SMARTS) is 1. The second-order valence-electron chi connectivity index (χ2n) is 9.74. The lowest BCUT2D eigenvalue weighted by Gasteiger charge is -2.40. The second kappa shape index (κ2) is 18.1. The monoisotopic (exact) mass is 503 g/mol. The maximum Gasteiger partial charge on any atom is 0.308 e. The molecule has 1 heterocycles. The highest BCUT2D eigenvalue weighted by molar-refractivity contribution is 5.71. The molecule has 0 aromatic heterocycles. The number of hydrogen-bond acceptors (Lipinski definition) is 9. The topological polar surface area (TPSA) is 146 Å². The van der Waals surface area contributed by atoms with E-state index in [1.807, 2.05) is 0 Å². The number of hydrogen-bond donors (Lipinski definition) is 3. The Labute approximate surface area is 210 Å². The zero-order valence-corrected chi connectivity index (χ0v) is 21.7. The van der Waals surface area contributed by atoms with Gasteiger partial charge in [-0.15, -0.1) is 0 Å². The summed E-state index contributed by atoms with van der Waals surface area (Å²) in [5.74, 6) is -1.84. The highest BCUT2D eigenvalue weighted by atomic mass is 16.7. The summed E-state index contributed by atoms with van der Waals surface area (Å²) in [6.45, 7) is 5.80. The van der Waals surface area contributed by atoms with Gasteiger partial charge in [0, 0.05) is 12.4 Å². The maximum absolute atomic E-state index is 12.7.